The summed E-state index contributed by atoms with van der Waals surface area (Å²) in [6.07, 6.45) is 2.54. The van der Waals surface area contributed by atoms with E-state index >= 15 is 0 Å². The van der Waals surface area contributed by atoms with Gasteiger partial charge in [-0.2, -0.15) is 0 Å². The summed E-state index contributed by atoms with van der Waals surface area (Å²) in [5, 5.41) is 2.10. The van der Waals surface area contributed by atoms with Crippen LogP contribution in [0.2, 0.25) is 0 Å². The van der Waals surface area contributed by atoms with Crippen LogP contribution in [0.3, 0.4) is 0 Å². The molecule has 2 N–H and O–H groups in total. The van der Waals surface area contributed by atoms with Crippen molar-refractivity contribution in [2.24, 2.45) is 5.73 Å². The zero-order valence-corrected chi connectivity index (χ0v) is 11.6. The molecule has 1 saturated heterocycles. The fraction of sp³-hybridized carbons (Fsp3) is 0.692. The third-order valence-corrected chi connectivity index (χ3v) is 4.71. The minimum atomic E-state index is 0.166. The largest absolute Gasteiger partial charge is 0.322 e. The number of rotatable bonds is 4. The van der Waals surface area contributed by atoms with Crippen LogP contribution in [0.5, 0.6) is 0 Å². The van der Waals surface area contributed by atoms with E-state index < -0.39 is 0 Å². The van der Waals surface area contributed by atoms with Crippen molar-refractivity contribution in [1.29, 1.82) is 0 Å². The molecule has 0 aromatic carbocycles. The van der Waals surface area contributed by atoms with Gasteiger partial charge in [0.05, 0.1) is 6.04 Å². The van der Waals surface area contributed by atoms with Gasteiger partial charge >= 0.3 is 0 Å². The van der Waals surface area contributed by atoms with Gasteiger partial charge in [0.2, 0.25) is 0 Å². The summed E-state index contributed by atoms with van der Waals surface area (Å²) in [4.78, 5) is 6.14. The molecule has 0 bridgehead atoms. The molecule has 96 valence electrons. The normalized spacial score (nSPS) is 20.9. The Kier molecular flexibility index (Phi) is 4.56. The molecule has 0 amide bonds. The first kappa shape index (κ1) is 13.0. The lowest BCUT2D eigenvalue weighted by atomic mass is 10.0. The fourth-order valence-electron chi connectivity index (χ4n) is 2.49. The van der Waals surface area contributed by atoms with Crippen molar-refractivity contribution in [2.45, 2.75) is 24.9 Å². The van der Waals surface area contributed by atoms with Crippen LogP contribution in [-0.2, 0) is 0 Å². The molecule has 3 nitrogen and oxygen atoms in total. The van der Waals surface area contributed by atoms with E-state index in [1.165, 1.54) is 30.8 Å². The van der Waals surface area contributed by atoms with Gasteiger partial charge in [0.15, 0.2) is 0 Å². The third-order valence-electron chi connectivity index (χ3n) is 3.70. The quantitative estimate of drug-likeness (QED) is 0.888. The van der Waals surface area contributed by atoms with E-state index in [4.69, 9.17) is 5.73 Å². The number of likely N-dealkylation sites (N-methyl/N-ethyl adjacent to an activating group) is 1. The van der Waals surface area contributed by atoms with Gasteiger partial charge in [0, 0.05) is 17.5 Å². The number of nitrogens with two attached hydrogens (primary N) is 1. The first-order chi connectivity index (χ1) is 8.16. The highest BCUT2D eigenvalue weighted by Gasteiger charge is 2.22. The molecule has 0 saturated carbocycles. The highest BCUT2D eigenvalue weighted by molar-refractivity contribution is 7.10. The van der Waals surface area contributed by atoms with Crippen molar-refractivity contribution in [3.8, 4) is 0 Å². The highest BCUT2D eigenvalue weighted by Crippen LogP contribution is 2.20. The average molecular weight is 253 g/mol. The SMILES string of the molecule is CN1CCC(N(C)CC(N)c2cccs2)CC1. The first-order valence-electron chi connectivity index (χ1n) is 6.34. The summed E-state index contributed by atoms with van der Waals surface area (Å²) >= 11 is 1.76. The maximum absolute atomic E-state index is 6.23. The van der Waals surface area contributed by atoms with Crippen LogP contribution in [0.4, 0.5) is 0 Å². The van der Waals surface area contributed by atoms with Crippen LogP contribution in [0, 0.1) is 0 Å². The second-order valence-electron chi connectivity index (χ2n) is 5.10. The second-order valence-corrected chi connectivity index (χ2v) is 6.08. The van der Waals surface area contributed by atoms with Gasteiger partial charge in [-0.15, -0.1) is 11.3 Å². The summed E-state index contributed by atoms with van der Waals surface area (Å²) < 4.78 is 0. The van der Waals surface area contributed by atoms with Gasteiger partial charge in [-0.3, -0.25) is 0 Å². The van der Waals surface area contributed by atoms with Crippen molar-refractivity contribution >= 4 is 11.3 Å². The van der Waals surface area contributed by atoms with Crippen molar-refractivity contribution < 1.29 is 0 Å². The van der Waals surface area contributed by atoms with E-state index in [9.17, 15) is 0 Å². The Bertz CT molecular complexity index is 317. The van der Waals surface area contributed by atoms with E-state index in [0.29, 0.717) is 6.04 Å². The minimum Gasteiger partial charge on any atom is -0.322 e. The Morgan fingerprint density at radius 3 is 2.82 bits per heavy atom. The van der Waals surface area contributed by atoms with E-state index in [1.54, 1.807) is 11.3 Å². The topological polar surface area (TPSA) is 32.5 Å². The zero-order valence-electron chi connectivity index (χ0n) is 10.8. The number of likely N-dealkylation sites (tertiary alicyclic amines) is 1. The van der Waals surface area contributed by atoms with Crippen LogP contribution in [0.1, 0.15) is 23.8 Å². The lowest BCUT2D eigenvalue weighted by molar-refractivity contribution is 0.139. The van der Waals surface area contributed by atoms with E-state index in [-0.39, 0.29) is 6.04 Å². The molecule has 4 heteroatoms. The molecule has 1 aliphatic rings. The Morgan fingerprint density at radius 2 is 2.24 bits per heavy atom. The van der Waals surface area contributed by atoms with E-state index in [0.717, 1.165) is 6.54 Å². The van der Waals surface area contributed by atoms with Crippen molar-refractivity contribution in [3.05, 3.63) is 22.4 Å². The zero-order chi connectivity index (χ0) is 12.3. The van der Waals surface area contributed by atoms with Crippen molar-refractivity contribution in [1.82, 2.24) is 9.80 Å². The van der Waals surface area contributed by atoms with Gasteiger partial charge in [-0.25, -0.2) is 0 Å². The molecule has 0 radical (unpaired) electrons. The molecule has 1 aromatic heterocycles. The molecule has 1 aromatic rings. The number of nitrogens with zero attached hydrogens (tertiary/aromatic N) is 2. The summed E-state index contributed by atoms with van der Waals surface area (Å²) in [5.74, 6) is 0. The Morgan fingerprint density at radius 1 is 1.53 bits per heavy atom. The minimum absolute atomic E-state index is 0.166. The van der Waals surface area contributed by atoms with Crippen molar-refractivity contribution in [2.75, 3.05) is 33.7 Å². The van der Waals surface area contributed by atoms with Crippen LogP contribution >= 0.6 is 11.3 Å². The molecule has 0 spiro atoms. The smallest absolute Gasteiger partial charge is 0.0519 e. The van der Waals surface area contributed by atoms with Gasteiger partial charge in [0.1, 0.15) is 0 Å². The summed E-state index contributed by atoms with van der Waals surface area (Å²) in [6.45, 7) is 3.39. The molecular formula is C13H23N3S. The molecule has 2 rings (SSSR count). The van der Waals surface area contributed by atoms with Gasteiger partial charge in [-0.05, 0) is 51.5 Å². The number of hydrogen-bond acceptors (Lipinski definition) is 4. The van der Waals surface area contributed by atoms with E-state index in [2.05, 4.69) is 41.4 Å². The first-order valence-corrected chi connectivity index (χ1v) is 7.22. The average Bonchev–Trinajstić information content (AvgIpc) is 2.83. The van der Waals surface area contributed by atoms with Gasteiger partial charge in [0.25, 0.3) is 0 Å². The van der Waals surface area contributed by atoms with Crippen molar-refractivity contribution in [3.63, 3.8) is 0 Å². The Labute approximate surface area is 108 Å². The lowest BCUT2D eigenvalue weighted by Gasteiger charge is -2.36. The molecule has 17 heavy (non-hydrogen) atoms. The molecule has 0 aliphatic carbocycles. The molecule has 1 atom stereocenters. The molecular weight excluding hydrogens is 230 g/mol. The highest BCUT2D eigenvalue weighted by atomic mass is 32.1. The number of hydrogen-bond donors (Lipinski definition) is 1. The van der Waals surface area contributed by atoms with Crippen LogP contribution in [-0.4, -0.2) is 49.6 Å². The van der Waals surface area contributed by atoms with Crippen LogP contribution in [0.25, 0.3) is 0 Å². The molecule has 2 heterocycles. The second kappa shape index (κ2) is 5.96. The van der Waals surface area contributed by atoms with E-state index in [1.807, 2.05) is 0 Å². The summed E-state index contributed by atoms with van der Waals surface area (Å²) in [7, 11) is 4.41. The summed E-state index contributed by atoms with van der Waals surface area (Å²) in [6, 6.07) is 5.09. The Hall–Kier alpha value is -0.420. The standard InChI is InChI=1S/C13H23N3S/c1-15-7-5-11(6-8-15)16(2)10-12(14)13-4-3-9-17-13/h3-4,9,11-12H,5-8,10,14H2,1-2H3. The monoisotopic (exact) mass is 253 g/mol. The van der Waals surface area contributed by atoms with Crippen LogP contribution in [0.15, 0.2) is 17.5 Å². The molecule has 1 fully saturated rings. The van der Waals surface area contributed by atoms with Crippen LogP contribution < -0.4 is 5.73 Å². The Balaban J connectivity index is 1.82. The molecule has 1 aliphatic heterocycles. The molecule has 1 unspecified atom stereocenters. The predicted octanol–water partition coefficient (Wildman–Crippen LogP) is 1.77. The lowest BCUT2D eigenvalue weighted by Crippen LogP contribution is -2.44. The van der Waals surface area contributed by atoms with Gasteiger partial charge in [-0.1, -0.05) is 6.07 Å². The fourth-order valence-corrected chi connectivity index (χ4v) is 3.21. The maximum Gasteiger partial charge on any atom is 0.0519 e. The number of piperidine rings is 1. The predicted molar refractivity (Wildman–Crippen MR) is 74.4 cm³/mol. The number of thiophene rings is 1. The maximum atomic E-state index is 6.23. The third kappa shape index (κ3) is 3.52. The van der Waals surface area contributed by atoms with Gasteiger partial charge < -0.3 is 15.5 Å². The summed E-state index contributed by atoms with van der Waals surface area (Å²) in [5.41, 5.74) is 6.23.